The van der Waals surface area contributed by atoms with Crippen LogP contribution in [0.4, 0.5) is 0 Å². The lowest BCUT2D eigenvalue weighted by Gasteiger charge is -2.32. The predicted octanol–water partition coefficient (Wildman–Crippen LogP) is 4.89. The molecule has 0 aromatic carbocycles. The first-order valence-corrected chi connectivity index (χ1v) is 13.0. The van der Waals surface area contributed by atoms with Crippen LogP contribution in [-0.4, -0.2) is 52.2 Å². The second kappa shape index (κ2) is 20.7. The van der Waals surface area contributed by atoms with E-state index < -0.39 is 42.0 Å². The van der Waals surface area contributed by atoms with Gasteiger partial charge in [0.05, 0.1) is 12.2 Å². The Morgan fingerprint density at radius 2 is 1.00 bits per heavy atom. The lowest BCUT2D eigenvalue weighted by Crippen LogP contribution is -2.55. The number of hydrogen-bond acceptors (Lipinski definition) is 4. The largest absolute Gasteiger partial charge is 0.544 e. The summed E-state index contributed by atoms with van der Waals surface area (Å²) in [7, 11) is 0. The summed E-state index contributed by atoms with van der Waals surface area (Å²) in [5.41, 5.74) is 0. The molecule has 0 rings (SSSR count). The molecule has 0 spiro atoms. The van der Waals surface area contributed by atoms with Gasteiger partial charge in [0.15, 0.2) is 13.1 Å². The van der Waals surface area contributed by atoms with E-state index in [9.17, 15) is 19.5 Å². The number of hydrogen-bond donors (Lipinski definition) is 2. The summed E-state index contributed by atoms with van der Waals surface area (Å²) in [6.45, 7) is 0.377. The zero-order valence-electron chi connectivity index (χ0n) is 20.8. The molecule has 0 unspecified atom stereocenters. The summed E-state index contributed by atoms with van der Waals surface area (Å²) in [5, 5.41) is 29.2. The summed E-state index contributed by atoms with van der Waals surface area (Å²) in [5.74, 6) is -3.96. The average Bonchev–Trinajstić information content (AvgIpc) is 2.71. The van der Waals surface area contributed by atoms with Crippen LogP contribution in [0.2, 0.25) is 0 Å². The molecule has 192 valence electrons. The quantitative estimate of drug-likeness (QED) is 0.154. The fourth-order valence-electron chi connectivity index (χ4n) is 4.23. The van der Waals surface area contributed by atoms with Crippen molar-refractivity contribution in [2.75, 3.05) is 19.6 Å². The van der Waals surface area contributed by atoms with Gasteiger partial charge in [0, 0.05) is 0 Å². The van der Waals surface area contributed by atoms with Crippen LogP contribution in [0.3, 0.4) is 0 Å². The molecule has 0 fully saturated rings. The van der Waals surface area contributed by atoms with E-state index in [1.165, 1.54) is 89.7 Å². The lowest BCUT2D eigenvalue weighted by molar-refractivity contribution is -0.859. The number of rotatable bonds is 24. The second-order valence-corrected chi connectivity index (χ2v) is 9.33. The number of aliphatic carboxylic acids is 3. The minimum atomic E-state index is -1.47. The van der Waals surface area contributed by atoms with Crippen molar-refractivity contribution in [1.82, 2.24) is 0 Å². The molecule has 0 aliphatic rings. The Morgan fingerprint density at radius 1 is 0.636 bits per heavy atom. The molecule has 2 N–H and O–H groups in total. The molecule has 0 heterocycles. The number of carboxylic acid groups (broad SMARTS) is 3. The van der Waals surface area contributed by atoms with Crippen LogP contribution in [-0.2, 0) is 14.4 Å². The Hall–Kier alpha value is -1.89. The summed E-state index contributed by atoms with van der Waals surface area (Å²) in [4.78, 5) is 33.3. The van der Waals surface area contributed by atoms with Crippen molar-refractivity contribution in [2.45, 2.75) is 116 Å². The highest BCUT2D eigenvalue weighted by Crippen LogP contribution is 2.15. The summed E-state index contributed by atoms with van der Waals surface area (Å²) in [6.07, 6.45) is 24.3. The maximum Gasteiger partial charge on any atom is 0.359 e. The lowest BCUT2D eigenvalue weighted by atomic mass is 10.0. The van der Waals surface area contributed by atoms with Gasteiger partial charge in [-0.1, -0.05) is 103 Å². The minimum Gasteiger partial charge on any atom is -0.544 e. The van der Waals surface area contributed by atoms with E-state index >= 15 is 0 Å². The first-order valence-electron chi connectivity index (χ1n) is 13.0. The number of allylic oxidation sites excluding steroid dienone is 1. The number of unbranched alkanes of at least 4 members (excludes halogenated alkanes) is 16. The monoisotopic (exact) mass is 469 g/mol. The van der Waals surface area contributed by atoms with Gasteiger partial charge in [0.2, 0.25) is 0 Å². The van der Waals surface area contributed by atoms with E-state index in [1.54, 1.807) is 6.08 Å². The number of nitrogens with zero attached hydrogens (tertiary/aromatic N) is 1. The minimum absolute atomic E-state index is 0.601. The maximum atomic E-state index is 11.1. The third-order valence-electron chi connectivity index (χ3n) is 5.99. The van der Waals surface area contributed by atoms with E-state index in [-0.39, 0.29) is 0 Å². The Morgan fingerprint density at radius 3 is 1.33 bits per heavy atom. The summed E-state index contributed by atoms with van der Waals surface area (Å²) < 4.78 is -0.675. The Kier molecular flexibility index (Phi) is 19.5. The van der Waals surface area contributed by atoms with Gasteiger partial charge in [-0.05, 0) is 18.9 Å². The van der Waals surface area contributed by atoms with Gasteiger partial charge in [-0.25, -0.2) is 9.59 Å². The molecule has 7 heteroatoms. The van der Waals surface area contributed by atoms with Crippen molar-refractivity contribution in [3.05, 3.63) is 12.3 Å². The zero-order chi connectivity index (χ0) is 24.8. The topological polar surface area (TPSA) is 115 Å². The van der Waals surface area contributed by atoms with Crippen LogP contribution in [0.5, 0.6) is 0 Å². The average molecular weight is 470 g/mol. The molecular formula is C26H47NO6. The molecule has 0 radical (unpaired) electrons. The van der Waals surface area contributed by atoms with Crippen LogP contribution < -0.4 is 5.11 Å². The molecule has 0 saturated heterocycles. The first kappa shape index (κ1) is 31.1. The third kappa shape index (κ3) is 20.4. The first-order chi connectivity index (χ1) is 15.8. The van der Waals surface area contributed by atoms with Gasteiger partial charge in [-0.3, -0.25) is 4.48 Å². The van der Waals surface area contributed by atoms with E-state index in [0.29, 0.717) is 6.42 Å². The molecule has 0 aromatic rings. The van der Waals surface area contributed by atoms with Gasteiger partial charge in [0.25, 0.3) is 0 Å². The smallest absolute Gasteiger partial charge is 0.359 e. The van der Waals surface area contributed by atoms with Gasteiger partial charge in [-0.15, -0.1) is 0 Å². The molecule has 0 saturated carbocycles. The van der Waals surface area contributed by atoms with Crippen molar-refractivity contribution in [1.29, 1.82) is 0 Å². The summed E-state index contributed by atoms with van der Waals surface area (Å²) >= 11 is 0. The highest BCUT2D eigenvalue weighted by Gasteiger charge is 2.31. The Balaban J connectivity index is 3.85. The number of carbonyl (C=O) groups is 3. The molecule has 0 aromatic heterocycles. The van der Waals surface area contributed by atoms with Crippen LogP contribution in [0, 0.1) is 0 Å². The Labute approximate surface area is 200 Å². The van der Waals surface area contributed by atoms with Crippen molar-refractivity contribution in [3.63, 3.8) is 0 Å². The third-order valence-corrected chi connectivity index (χ3v) is 5.99. The molecular weight excluding hydrogens is 422 g/mol. The fraction of sp³-hybridized carbons (Fsp3) is 0.808. The fourth-order valence-corrected chi connectivity index (χ4v) is 4.23. The van der Waals surface area contributed by atoms with Crippen LogP contribution in [0.25, 0.3) is 0 Å². The molecule has 0 amide bonds. The standard InChI is InChI=1S/C26H47NO6/c1-2-3-4-5-6-7-8-9-10-11-12-13-14-15-16-17-18-19-20-27(21-24(28)29,22-25(30)31)23-26(32)33/h19-20H,2-18,21-23H2,1H3,(H2-,28,29,30,31,32,33)/b20-19+. The summed E-state index contributed by atoms with van der Waals surface area (Å²) in [6, 6.07) is 0. The molecule has 33 heavy (non-hydrogen) atoms. The van der Waals surface area contributed by atoms with Crippen molar-refractivity contribution < 1.29 is 34.2 Å². The molecule has 0 aliphatic carbocycles. The van der Waals surface area contributed by atoms with Crippen LogP contribution >= 0.6 is 0 Å². The molecule has 0 atom stereocenters. The second-order valence-electron chi connectivity index (χ2n) is 9.33. The molecule has 0 bridgehead atoms. The highest BCUT2D eigenvalue weighted by molar-refractivity contribution is 5.72. The van der Waals surface area contributed by atoms with Crippen molar-refractivity contribution >= 4 is 17.9 Å². The SMILES string of the molecule is CCCCCCCCCCCCCCCCCC/C=C/[N+](CC(=O)[O-])(CC(=O)O)CC(=O)O. The molecule has 7 nitrogen and oxygen atoms in total. The van der Waals surface area contributed by atoms with E-state index in [4.69, 9.17) is 10.2 Å². The van der Waals surface area contributed by atoms with Gasteiger partial charge in [-0.2, -0.15) is 0 Å². The zero-order valence-corrected chi connectivity index (χ0v) is 20.8. The van der Waals surface area contributed by atoms with Crippen LogP contribution in [0.15, 0.2) is 12.3 Å². The number of quaternary nitrogens is 1. The van der Waals surface area contributed by atoms with Gasteiger partial charge in [0.1, 0.15) is 6.54 Å². The van der Waals surface area contributed by atoms with Crippen molar-refractivity contribution in [2.24, 2.45) is 0 Å². The maximum absolute atomic E-state index is 11.1. The molecule has 0 aliphatic heterocycles. The van der Waals surface area contributed by atoms with Gasteiger partial charge >= 0.3 is 11.9 Å². The van der Waals surface area contributed by atoms with E-state index in [0.717, 1.165) is 19.3 Å². The number of carboxylic acids is 3. The normalized spacial score (nSPS) is 11.8. The number of carbonyl (C=O) groups excluding carboxylic acids is 1. The predicted molar refractivity (Wildman–Crippen MR) is 128 cm³/mol. The van der Waals surface area contributed by atoms with E-state index in [2.05, 4.69) is 6.92 Å². The highest BCUT2D eigenvalue weighted by atomic mass is 16.4. The van der Waals surface area contributed by atoms with Gasteiger partial charge < -0.3 is 20.1 Å². The van der Waals surface area contributed by atoms with Crippen molar-refractivity contribution in [3.8, 4) is 0 Å². The van der Waals surface area contributed by atoms with E-state index in [1.807, 2.05) is 0 Å². The Bertz CT molecular complexity index is 520. The van der Waals surface area contributed by atoms with Crippen LogP contribution in [0.1, 0.15) is 116 Å².